The van der Waals surface area contributed by atoms with E-state index in [9.17, 15) is 26.7 Å². The number of ether oxygens (including phenoxy) is 2. The van der Waals surface area contributed by atoms with E-state index in [-0.39, 0.29) is 0 Å². The number of hydrogen-bond acceptors (Lipinski definition) is 4. The molecule has 0 spiro atoms. The second-order valence-corrected chi connectivity index (χ2v) is 3.50. The van der Waals surface area contributed by atoms with Crippen molar-refractivity contribution in [3.8, 4) is 6.07 Å². The minimum atomic E-state index is -5.08. The van der Waals surface area contributed by atoms with Crippen molar-refractivity contribution in [1.29, 1.82) is 5.26 Å². The van der Waals surface area contributed by atoms with Gasteiger partial charge in [0.05, 0.1) is 6.07 Å². The van der Waals surface area contributed by atoms with Crippen LogP contribution in [-0.2, 0) is 14.3 Å². The second-order valence-electron chi connectivity index (χ2n) is 3.50. The average Bonchev–Trinajstić information content (AvgIpc) is 2.40. The minimum absolute atomic E-state index is 0.689. The van der Waals surface area contributed by atoms with Gasteiger partial charge in [0.25, 0.3) is 0 Å². The van der Waals surface area contributed by atoms with E-state index in [1.165, 1.54) is 0 Å². The summed E-state index contributed by atoms with van der Waals surface area (Å²) in [7, 11) is 1.05. The molecule has 0 heterocycles. The van der Waals surface area contributed by atoms with Crippen molar-refractivity contribution in [2.75, 3.05) is 13.9 Å². The number of alkyl halides is 2. The van der Waals surface area contributed by atoms with Crippen LogP contribution in [0.15, 0.2) is 24.6 Å². The van der Waals surface area contributed by atoms with Crippen molar-refractivity contribution in [1.82, 2.24) is 0 Å². The summed E-state index contributed by atoms with van der Waals surface area (Å²) in [5.74, 6) is -10.2. The lowest BCUT2D eigenvalue weighted by Crippen LogP contribution is -2.48. The van der Waals surface area contributed by atoms with Crippen LogP contribution in [0.5, 0.6) is 0 Å². The largest absolute Gasteiger partial charge is 0.437 e. The van der Waals surface area contributed by atoms with Crippen LogP contribution in [0.4, 0.5) is 22.0 Å². The molecule has 0 aliphatic heterocycles. The van der Waals surface area contributed by atoms with Gasteiger partial charge in [-0.2, -0.15) is 27.2 Å². The molecule has 0 amide bonds. The Kier molecular flexibility index (Phi) is 6.32. The molecule has 0 saturated carbocycles. The van der Waals surface area contributed by atoms with Gasteiger partial charge in [-0.05, 0) is 0 Å². The van der Waals surface area contributed by atoms with E-state index in [2.05, 4.69) is 16.1 Å². The number of carbonyl (C=O) groups excluding carboxylic acids is 1. The van der Waals surface area contributed by atoms with E-state index in [0.29, 0.717) is 6.08 Å². The van der Waals surface area contributed by atoms with Gasteiger partial charge in [-0.25, -0.2) is 4.79 Å². The van der Waals surface area contributed by atoms with Gasteiger partial charge < -0.3 is 9.47 Å². The minimum Gasteiger partial charge on any atom is -0.437 e. The van der Waals surface area contributed by atoms with Gasteiger partial charge >= 0.3 is 18.0 Å². The summed E-state index contributed by atoms with van der Waals surface area (Å²) in [6.07, 6.45) is -3.74. The van der Waals surface area contributed by atoms with Crippen molar-refractivity contribution < 1.29 is 36.2 Å². The number of methoxy groups -OCH3 is 1. The highest BCUT2D eigenvalue weighted by molar-refractivity contribution is 5.82. The van der Waals surface area contributed by atoms with Crippen LogP contribution in [0.25, 0.3) is 0 Å². The summed E-state index contributed by atoms with van der Waals surface area (Å²) in [5.41, 5.74) is -3.50. The van der Waals surface area contributed by atoms with E-state index < -0.39 is 42.4 Å². The Morgan fingerprint density at radius 3 is 2.30 bits per heavy atom. The fraction of sp³-hybridized carbons (Fsp3) is 0.455. The van der Waals surface area contributed by atoms with E-state index in [0.717, 1.165) is 13.2 Å². The molecule has 0 aliphatic rings. The molecule has 0 radical (unpaired) electrons. The molecule has 0 saturated heterocycles. The molecule has 0 aromatic heterocycles. The molecule has 0 aliphatic carbocycles. The van der Waals surface area contributed by atoms with Gasteiger partial charge in [0.15, 0.2) is 6.79 Å². The molecule has 112 valence electrons. The molecule has 20 heavy (non-hydrogen) atoms. The third-order valence-electron chi connectivity index (χ3n) is 2.28. The van der Waals surface area contributed by atoms with Gasteiger partial charge in [0.1, 0.15) is 0 Å². The van der Waals surface area contributed by atoms with Crippen molar-refractivity contribution in [2.24, 2.45) is 5.41 Å². The van der Waals surface area contributed by atoms with Gasteiger partial charge in [-0.3, -0.25) is 0 Å². The Hall–Kier alpha value is -1.95. The summed E-state index contributed by atoms with van der Waals surface area (Å²) in [5, 5.41) is 8.79. The quantitative estimate of drug-likeness (QED) is 0.314. The van der Waals surface area contributed by atoms with Gasteiger partial charge in [-0.1, -0.05) is 6.08 Å². The van der Waals surface area contributed by atoms with Gasteiger partial charge in [-0.15, -0.1) is 6.58 Å². The van der Waals surface area contributed by atoms with Gasteiger partial charge in [0, 0.05) is 13.5 Å². The highest BCUT2D eigenvalue weighted by Gasteiger charge is 2.64. The standard InChI is InChI=1S/C11H10F5NO3/c1-3-4-10(5-17,9(18)20-6-19-2)11(15,16)7(12)8(13)14/h3H,1,4,6H2,2H3. The van der Waals surface area contributed by atoms with Crippen LogP contribution in [0.3, 0.4) is 0 Å². The maximum absolute atomic E-state index is 13.7. The topological polar surface area (TPSA) is 59.3 Å². The smallest absolute Gasteiger partial charge is 0.335 e. The molecular formula is C11H10F5NO3. The fourth-order valence-electron chi connectivity index (χ4n) is 1.26. The lowest BCUT2D eigenvalue weighted by molar-refractivity contribution is -0.181. The monoisotopic (exact) mass is 299 g/mol. The predicted octanol–water partition coefficient (Wildman–Crippen LogP) is 2.93. The first kappa shape index (κ1) is 18.0. The Morgan fingerprint density at radius 2 is 1.95 bits per heavy atom. The molecule has 1 atom stereocenters. The summed E-state index contributed by atoms with van der Waals surface area (Å²) in [6.45, 7) is 2.22. The fourth-order valence-corrected chi connectivity index (χ4v) is 1.26. The molecule has 9 heteroatoms. The van der Waals surface area contributed by atoms with Crippen molar-refractivity contribution in [2.45, 2.75) is 12.3 Å². The van der Waals surface area contributed by atoms with Crippen molar-refractivity contribution in [3.05, 3.63) is 24.6 Å². The zero-order chi connectivity index (χ0) is 16.0. The van der Waals surface area contributed by atoms with Crippen LogP contribution in [0, 0.1) is 16.7 Å². The van der Waals surface area contributed by atoms with Crippen LogP contribution < -0.4 is 0 Å². The summed E-state index contributed by atoms with van der Waals surface area (Å²) >= 11 is 0. The van der Waals surface area contributed by atoms with Crippen molar-refractivity contribution in [3.63, 3.8) is 0 Å². The Morgan fingerprint density at radius 1 is 1.40 bits per heavy atom. The number of hydrogen-bond donors (Lipinski definition) is 0. The Balaban J connectivity index is 5.90. The van der Waals surface area contributed by atoms with E-state index in [4.69, 9.17) is 5.26 Å². The first-order chi connectivity index (χ1) is 9.21. The van der Waals surface area contributed by atoms with Gasteiger partial charge in [0.2, 0.25) is 11.2 Å². The number of nitrogens with zero attached hydrogens (tertiary/aromatic N) is 1. The first-order valence-corrected chi connectivity index (χ1v) is 4.98. The zero-order valence-corrected chi connectivity index (χ0v) is 10.3. The van der Waals surface area contributed by atoms with E-state index in [1.807, 2.05) is 0 Å². The third-order valence-corrected chi connectivity index (χ3v) is 2.28. The number of halogens is 5. The van der Waals surface area contributed by atoms with Crippen LogP contribution in [0.2, 0.25) is 0 Å². The molecule has 1 unspecified atom stereocenters. The molecule has 0 bridgehead atoms. The molecule has 0 fully saturated rings. The maximum Gasteiger partial charge on any atom is 0.335 e. The molecular weight excluding hydrogens is 289 g/mol. The average molecular weight is 299 g/mol. The van der Waals surface area contributed by atoms with E-state index >= 15 is 0 Å². The second kappa shape index (κ2) is 7.00. The first-order valence-electron chi connectivity index (χ1n) is 4.98. The maximum atomic E-state index is 13.7. The molecule has 0 rings (SSSR count). The van der Waals surface area contributed by atoms with Crippen LogP contribution in [-0.4, -0.2) is 25.8 Å². The van der Waals surface area contributed by atoms with Crippen molar-refractivity contribution >= 4 is 5.97 Å². The predicted molar refractivity (Wildman–Crippen MR) is 56.1 cm³/mol. The third kappa shape index (κ3) is 3.14. The Bertz CT molecular complexity index is 453. The number of esters is 1. The number of carbonyl (C=O) groups is 1. The number of nitriles is 1. The summed E-state index contributed by atoms with van der Waals surface area (Å²) < 4.78 is 73.0. The highest BCUT2D eigenvalue weighted by Crippen LogP contribution is 2.47. The normalized spacial score (nSPS) is 13.8. The summed E-state index contributed by atoms with van der Waals surface area (Å²) in [4.78, 5) is 11.5. The number of allylic oxidation sites excluding steroid dienone is 2. The molecule has 0 aromatic rings. The lowest BCUT2D eigenvalue weighted by atomic mass is 9.78. The molecule has 0 aromatic carbocycles. The van der Waals surface area contributed by atoms with Crippen LogP contribution in [0.1, 0.15) is 6.42 Å². The summed E-state index contributed by atoms with van der Waals surface area (Å²) in [6, 6.07) is 0.842. The highest BCUT2D eigenvalue weighted by atomic mass is 19.3. The molecule has 0 N–H and O–H groups in total. The van der Waals surface area contributed by atoms with E-state index in [1.54, 1.807) is 0 Å². The van der Waals surface area contributed by atoms with Crippen LogP contribution >= 0.6 is 0 Å². The zero-order valence-electron chi connectivity index (χ0n) is 10.3. The lowest BCUT2D eigenvalue weighted by Gasteiger charge is -2.30. The SMILES string of the molecule is C=CCC(C#N)(C(=O)OCOC)C(F)(F)C(F)=C(F)F. The number of rotatable bonds is 7. The molecule has 4 nitrogen and oxygen atoms in total. The Labute approximate surface area is 111 Å².